The molecule has 2 aromatic carbocycles. The van der Waals surface area contributed by atoms with Crippen molar-refractivity contribution in [1.29, 1.82) is 0 Å². The Morgan fingerprint density at radius 1 is 1.15 bits per heavy atom. The largest absolute Gasteiger partial charge is 0.416 e. The highest BCUT2D eigenvalue weighted by Gasteiger charge is 2.30. The summed E-state index contributed by atoms with van der Waals surface area (Å²) in [4.78, 5) is 14.1. The fourth-order valence-corrected chi connectivity index (χ4v) is 3.09. The maximum atomic E-state index is 13.0. The molecular formula is C20H19F4NO2. The van der Waals surface area contributed by atoms with Crippen molar-refractivity contribution in [2.24, 2.45) is 0 Å². The molecule has 0 N–H and O–H groups in total. The van der Waals surface area contributed by atoms with Crippen molar-refractivity contribution in [3.8, 4) is 0 Å². The number of rotatable bonds is 4. The van der Waals surface area contributed by atoms with E-state index in [9.17, 15) is 22.4 Å². The second kappa shape index (κ2) is 8.08. The van der Waals surface area contributed by atoms with Gasteiger partial charge in [-0.25, -0.2) is 4.39 Å². The second-order valence-electron chi connectivity index (χ2n) is 6.53. The molecule has 0 radical (unpaired) electrons. The van der Waals surface area contributed by atoms with E-state index in [0.717, 1.165) is 25.0 Å². The monoisotopic (exact) mass is 381 g/mol. The summed E-state index contributed by atoms with van der Waals surface area (Å²) in [5.41, 5.74) is 0.127. The lowest BCUT2D eigenvalue weighted by Gasteiger charge is -2.32. The molecule has 0 bridgehead atoms. The molecule has 1 aliphatic rings. The number of hydrogen-bond acceptors (Lipinski definition) is 2. The predicted molar refractivity (Wildman–Crippen MR) is 91.6 cm³/mol. The molecule has 27 heavy (non-hydrogen) atoms. The zero-order valence-corrected chi connectivity index (χ0v) is 14.5. The van der Waals surface area contributed by atoms with Crippen LogP contribution in [0.4, 0.5) is 17.6 Å². The zero-order chi connectivity index (χ0) is 19.4. The lowest BCUT2D eigenvalue weighted by molar-refractivity contribution is -0.137. The molecule has 1 unspecified atom stereocenters. The van der Waals surface area contributed by atoms with Crippen LogP contribution < -0.4 is 0 Å². The van der Waals surface area contributed by atoms with Crippen LogP contribution in [0.15, 0.2) is 48.5 Å². The van der Waals surface area contributed by atoms with Crippen LogP contribution in [0.5, 0.6) is 0 Å². The van der Waals surface area contributed by atoms with E-state index >= 15 is 0 Å². The molecule has 2 aromatic rings. The topological polar surface area (TPSA) is 29.5 Å². The lowest BCUT2D eigenvalue weighted by Crippen LogP contribution is -2.43. The van der Waals surface area contributed by atoms with Crippen molar-refractivity contribution in [3.05, 3.63) is 71.0 Å². The van der Waals surface area contributed by atoms with Gasteiger partial charge in [0.1, 0.15) is 5.82 Å². The molecule has 1 amide bonds. The fraction of sp³-hybridized carbons (Fsp3) is 0.350. The number of hydrogen-bond donors (Lipinski definition) is 0. The minimum Gasteiger partial charge on any atom is -0.372 e. The number of alkyl halides is 3. The number of amides is 1. The minimum atomic E-state index is -4.39. The number of benzene rings is 2. The first-order valence-corrected chi connectivity index (χ1v) is 8.65. The maximum Gasteiger partial charge on any atom is 0.416 e. The smallest absolute Gasteiger partial charge is 0.372 e. The van der Waals surface area contributed by atoms with Crippen LogP contribution in [0.3, 0.4) is 0 Å². The zero-order valence-electron chi connectivity index (χ0n) is 14.5. The van der Waals surface area contributed by atoms with Crippen molar-refractivity contribution in [3.63, 3.8) is 0 Å². The first kappa shape index (κ1) is 19.4. The van der Waals surface area contributed by atoms with Crippen LogP contribution in [0, 0.1) is 5.82 Å². The van der Waals surface area contributed by atoms with Crippen LogP contribution in [-0.4, -0.2) is 30.0 Å². The van der Waals surface area contributed by atoms with Gasteiger partial charge in [-0.2, -0.15) is 13.2 Å². The highest BCUT2D eigenvalue weighted by atomic mass is 19.4. The average Bonchev–Trinajstić information content (AvgIpc) is 2.66. The summed E-state index contributed by atoms with van der Waals surface area (Å²) in [6, 6.07) is 10.4. The first-order chi connectivity index (χ1) is 12.8. The van der Waals surface area contributed by atoms with E-state index in [1.165, 1.54) is 30.3 Å². The quantitative estimate of drug-likeness (QED) is 0.721. The van der Waals surface area contributed by atoms with E-state index in [4.69, 9.17) is 4.74 Å². The van der Waals surface area contributed by atoms with Crippen molar-refractivity contribution in [2.75, 3.05) is 13.1 Å². The molecule has 0 saturated carbocycles. The van der Waals surface area contributed by atoms with Gasteiger partial charge in [0.25, 0.3) is 5.91 Å². The van der Waals surface area contributed by atoms with Crippen molar-refractivity contribution < 1.29 is 27.1 Å². The van der Waals surface area contributed by atoms with Crippen LogP contribution in [0.1, 0.15) is 34.3 Å². The van der Waals surface area contributed by atoms with E-state index in [-0.39, 0.29) is 18.6 Å². The van der Waals surface area contributed by atoms with Gasteiger partial charge < -0.3 is 9.64 Å². The Kier molecular flexibility index (Phi) is 5.79. The van der Waals surface area contributed by atoms with Gasteiger partial charge in [-0.1, -0.05) is 12.1 Å². The number of ether oxygens (including phenoxy) is 1. The summed E-state index contributed by atoms with van der Waals surface area (Å²) in [7, 11) is 0. The number of carbonyl (C=O) groups excluding carboxylic acids is 1. The van der Waals surface area contributed by atoms with E-state index in [1.54, 1.807) is 11.0 Å². The van der Waals surface area contributed by atoms with Gasteiger partial charge in [0.05, 0.1) is 18.3 Å². The fourth-order valence-electron chi connectivity index (χ4n) is 3.09. The van der Waals surface area contributed by atoms with Crippen LogP contribution in [0.25, 0.3) is 0 Å². The SMILES string of the molecule is O=C(c1ccc(F)cc1)N1CCCC(OCc2cccc(C(F)(F)F)c2)C1. The summed E-state index contributed by atoms with van der Waals surface area (Å²) >= 11 is 0. The molecule has 1 saturated heterocycles. The van der Waals surface area contributed by atoms with Gasteiger partial charge in [-0.3, -0.25) is 4.79 Å². The van der Waals surface area contributed by atoms with E-state index in [0.29, 0.717) is 24.2 Å². The number of piperidine rings is 1. The normalized spacial score (nSPS) is 17.8. The Morgan fingerprint density at radius 2 is 1.89 bits per heavy atom. The molecule has 3 nitrogen and oxygen atoms in total. The van der Waals surface area contributed by atoms with Crippen LogP contribution in [-0.2, 0) is 17.5 Å². The lowest BCUT2D eigenvalue weighted by atomic mass is 10.1. The van der Waals surface area contributed by atoms with Crippen LogP contribution >= 0.6 is 0 Å². The molecular weight excluding hydrogens is 362 g/mol. The molecule has 0 aliphatic carbocycles. The standard InChI is InChI=1S/C20H19F4NO2/c21-17-8-6-15(7-9-17)19(26)25-10-2-5-18(12-25)27-13-14-3-1-4-16(11-14)20(22,23)24/h1,3-4,6-9,11,18H,2,5,10,12-13H2. The first-order valence-electron chi connectivity index (χ1n) is 8.65. The Balaban J connectivity index is 1.59. The summed E-state index contributed by atoms with van der Waals surface area (Å²) in [5, 5.41) is 0. The van der Waals surface area contributed by atoms with E-state index in [2.05, 4.69) is 0 Å². The third kappa shape index (κ3) is 5.07. The summed E-state index contributed by atoms with van der Waals surface area (Å²) < 4.78 is 57.1. The molecule has 1 atom stereocenters. The molecule has 1 fully saturated rings. The number of halogens is 4. The Morgan fingerprint density at radius 3 is 2.59 bits per heavy atom. The molecule has 3 rings (SSSR count). The summed E-state index contributed by atoms with van der Waals surface area (Å²) in [6.07, 6.45) is -3.18. The Hall–Kier alpha value is -2.41. The van der Waals surface area contributed by atoms with Gasteiger partial charge in [-0.15, -0.1) is 0 Å². The van der Waals surface area contributed by atoms with Gasteiger partial charge in [-0.05, 0) is 54.8 Å². The molecule has 7 heteroatoms. The molecule has 1 aliphatic heterocycles. The van der Waals surface area contributed by atoms with Crippen molar-refractivity contribution in [2.45, 2.75) is 31.7 Å². The number of nitrogens with zero attached hydrogens (tertiary/aromatic N) is 1. The third-order valence-electron chi connectivity index (χ3n) is 4.50. The minimum absolute atomic E-state index is 0.0488. The predicted octanol–water partition coefficient (Wildman–Crippen LogP) is 4.67. The van der Waals surface area contributed by atoms with Crippen molar-refractivity contribution in [1.82, 2.24) is 4.90 Å². The van der Waals surface area contributed by atoms with E-state index < -0.39 is 17.6 Å². The number of carbonyl (C=O) groups is 1. The van der Waals surface area contributed by atoms with Gasteiger partial charge >= 0.3 is 6.18 Å². The van der Waals surface area contributed by atoms with E-state index in [1.807, 2.05) is 0 Å². The Bertz CT molecular complexity index is 789. The van der Waals surface area contributed by atoms with Gasteiger partial charge in [0.2, 0.25) is 0 Å². The maximum absolute atomic E-state index is 13.0. The molecule has 144 valence electrons. The molecule has 1 heterocycles. The van der Waals surface area contributed by atoms with Crippen molar-refractivity contribution >= 4 is 5.91 Å². The van der Waals surface area contributed by atoms with Gasteiger partial charge in [0.15, 0.2) is 0 Å². The second-order valence-corrected chi connectivity index (χ2v) is 6.53. The third-order valence-corrected chi connectivity index (χ3v) is 4.50. The number of likely N-dealkylation sites (tertiary alicyclic amines) is 1. The van der Waals surface area contributed by atoms with Crippen LogP contribution in [0.2, 0.25) is 0 Å². The summed E-state index contributed by atoms with van der Waals surface area (Å²) in [6.45, 7) is 0.974. The van der Waals surface area contributed by atoms with Gasteiger partial charge in [0, 0.05) is 18.7 Å². The highest BCUT2D eigenvalue weighted by molar-refractivity contribution is 5.94. The highest BCUT2D eigenvalue weighted by Crippen LogP contribution is 2.30. The average molecular weight is 381 g/mol. The summed E-state index contributed by atoms with van der Waals surface area (Å²) in [5.74, 6) is -0.616. The molecule has 0 aromatic heterocycles. The Labute approximate surface area is 154 Å². The molecule has 0 spiro atoms.